The van der Waals surface area contributed by atoms with Crippen LogP contribution in [0.2, 0.25) is 0 Å². The fraction of sp³-hybridized carbons (Fsp3) is 0. The van der Waals surface area contributed by atoms with E-state index in [2.05, 4.69) is 0 Å². The summed E-state index contributed by atoms with van der Waals surface area (Å²) in [6.45, 7) is 0. The van der Waals surface area contributed by atoms with E-state index in [-0.39, 0.29) is 11.3 Å². The van der Waals surface area contributed by atoms with Gasteiger partial charge in [-0.2, -0.15) is 0 Å². The maximum Gasteiger partial charge on any atom is 0.269 e. The molecule has 0 fully saturated rings. The molecule has 0 heterocycles. The minimum Gasteiger partial charge on any atom is -0.545 e. The van der Waals surface area contributed by atoms with Gasteiger partial charge in [0.1, 0.15) is 0 Å². The molecule has 0 aliphatic rings. The molecular weight excluding hydrogens is 258 g/mol. The third kappa shape index (κ3) is 3.08. The highest BCUT2D eigenvalue weighted by atomic mass is 16.6. The van der Waals surface area contributed by atoms with E-state index in [1.807, 2.05) is 0 Å². The molecule has 0 N–H and O–H groups in total. The lowest BCUT2D eigenvalue weighted by Crippen LogP contribution is -2.23. The van der Waals surface area contributed by atoms with Crippen LogP contribution in [0.25, 0.3) is 11.6 Å². The number of nitrogens with zero attached hydrogens (tertiary/aromatic N) is 1. The fourth-order valence-corrected chi connectivity index (χ4v) is 1.74. The first-order chi connectivity index (χ1) is 9.58. The van der Waals surface area contributed by atoms with Crippen molar-refractivity contribution in [1.29, 1.82) is 0 Å². The molecule has 5 heteroatoms. The first-order valence-electron chi connectivity index (χ1n) is 5.81. The van der Waals surface area contributed by atoms with Crippen LogP contribution >= 0.6 is 0 Å². The van der Waals surface area contributed by atoms with E-state index in [1.165, 1.54) is 30.3 Å². The van der Waals surface area contributed by atoms with Gasteiger partial charge in [-0.25, -0.2) is 0 Å². The summed E-state index contributed by atoms with van der Waals surface area (Å²) in [5, 5.41) is 21.7. The molecule has 0 bridgehead atoms. The van der Waals surface area contributed by atoms with E-state index in [0.717, 1.165) is 0 Å². The normalized spacial score (nSPS) is 11.1. The average Bonchev–Trinajstić information content (AvgIpc) is 2.46. The molecule has 0 saturated carbocycles. The summed E-state index contributed by atoms with van der Waals surface area (Å²) in [5.41, 5.74) is 1.06. The number of carboxylic acids is 1. The van der Waals surface area contributed by atoms with Crippen molar-refractivity contribution in [2.75, 3.05) is 0 Å². The SMILES string of the molecule is O=C([O-])C(=Cc1ccc([N+](=O)[O-])cc1)c1ccccc1. The van der Waals surface area contributed by atoms with Crippen LogP contribution in [0.15, 0.2) is 54.6 Å². The van der Waals surface area contributed by atoms with E-state index >= 15 is 0 Å². The topological polar surface area (TPSA) is 83.3 Å². The number of nitro groups is 1. The first-order valence-corrected chi connectivity index (χ1v) is 5.81. The molecule has 100 valence electrons. The maximum absolute atomic E-state index is 11.2. The van der Waals surface area contributed by atoms with Gasteiger partial charge < -0.3 is 9.90 Å². The van der Waals surface area contributed by atoms with Crippen molar-refractivity contribution < 1.29 is 14.8 Å². The Hall–Kier alpha value is -2.95. The molecule has 2 aromatic rings. The Morgan fingerprint density at radius 3 is 2.10 bits per heavy atom. The van der Waals surface area contributed by atoms with Crippen LogP contribution in [0.4, 0.5) is 5.69 Å². The van der Waals surface area contributed by atoms with Crippen LogP contribution in [0.1, 0.15) is 11.1 Å². The number of aliphatic carboxylic acids is 1. The fourth-order valence-electron chi connectivity index (χ4n) is 1.74. The zero-order valence-electron chi connectivity index (χ0n) is 10.4. The van der Waals surface area contributed by atoms with Gasteiger partial charge in [0.15, 0.2) is 0 Å². The highest BCUT2D eigenvalue weighted by Gasteiger charge is 2.05. The number of carbonyl (C=O) groups is 1. The van der Waals surface area contributed by atoms with Gasteiger partial charge in [0.05, 0.1) is 10.9 Å². The van der Waals surface area contributed by atoms with Gasteiger partial charge in [0.2, 0.25) is 0 Å². The van der Waals surface area contributed by atoms with E-state index in [9.17, 15) is 20.0 Å². The van der Waals surface area contributed by atoms with Crippen molar-refractivity contribution >= 4 is 23.3 Å². The molecule has 0 aliphatic heterocycles. The molecule has 2 rings (SSSR count). The van der Waals surface area contributed by atoms with Crippen LogP contribution in [0.5, 0.6) is 0 Å². The summed E-state index contributed by atoms with van der Waals surface area (Å²) in [6, 6.07) is 14.2. The number of benzene rings is 2. The van der Waals surface area contributed by atoms with Gasteiger partial charge >= 0.3 is 0 Å². The molecule has 0 amide bonds. The number of nitro benzene ring substituents is 1. The Bertz CT molecular complexity index is 660. The standard InChI is InChI=1S/C15H11NO4/c17-15(18)14(12-4-2-1-3-5-12)10-11-6-8-13(9-7-11)16(19)20/h1-10H,(H,17,18)/p-1. The van der Waals surface area contributed by atoms with Gasteiger partial charge in [0, 0.05) is 17.7 Å². The summed E-state index contributed by atoms with van der Waals surface area (Å²) in [7, 11) is 0. The molecule has 0 aromatic heterocycles. The molecule has 0 spiro atoms. The smallest absolute Gasteiger partial charge is 0.269 e. The molecule has 20 heavy (non-hydrogen) atoms. The van der Waals surface area contributed by atoms with Crippen LogP contribution in [0, 0.1) is 10.1 Å². The number of hydrogen-bond donors (Lipinski definition) is 0. The monoisotopic (exact) mass is 268 g/mol. The predicted molar refractivity (Wildman–Crippen MR) is 72.4 cm³/mol. The van der Waals surface area contributed by atoms with Crippen molar-refractivity contribution in [2.45, 2.75) is 0 Å². The summed E-state index contributed by atoms with van der Waals surface area (Å²) in [5.74, 6) is -1.30. The van der Waals surface area contributed by atoms with Gasteiger partial charge in [-0.05, 0) is 29.3 Å². The van der Waals surface area contributed by atoms with Crippen LogP contribution in [0.3, 0.4) is 0 Å². The Morgan fingerprint density at radius 2 is 1.60 bits per heavy atom. The highest BCUT2D eigenvalue weighted by Crippen LogP contribution is 2.19. The van der Waals surface area contributed by atoms with E-state index in [4.69, 9.17) is 0 Å². The third-order valence-corrected chi connectivity index (χ3v) is 2.72. The molecule has 0 atom stereocenters. The molecule has 0 radical (unpaired) electrons. The molecule has 5 nitrogen and oxygen atoms in total. The molecule has 2 aromatic carbocycles. The number of hydrogen-bond acceptors (Lipinski definition) is 4. The minimum atomic E-state index is -1.30. The highest BCUT2D eigenvalue weighted by molar-refractivity contribution is 6.19. The lowest BCUT2D eigenvalue weighted by molar-refractivity contribution is -0.384. The second-order valence-corrected chi connectivity index (χ2v) is 4.06. The Balaban J connectivity index is 2.39. The number of carboxylic acid groups (broad SMARTS) is 1. The van der Waals surface area contributed by atoms with Gasteiger partial charge in [-0.3, -0.25) is 10.1 Å². The molecule has 0 aliphatic carbocycles. The van der Waals surface area contributed by atoms with Crippen molar-refractivity contribution in [3.8, 4) is 0 Å². The summed E-state index contributed by atoms with van der Waals surface area (Å²) in [4.78, 5) is 21.2. The Labute approximate surface area is 115 Å². The minimum absolute atomic E-state index is 0.0273. The van der Waals surface area contributed by atoms with E-state index in [0.29, 0.717) is 11.1 Å². The zero-order chi connectivity index (χ0) is 14.5. The zero-order valence-corrected chi connectivity index (χ0v) is 10.4. The maximum atomic E-state index is 11.2. The van der Waals surface area contributed by atoms with Crippen molar-refractivity contribution in [1.82, 2.24) is 0 Å². The van der Waals surface area contributed by atoms with Crippen molar-refractivity contribution in [2.24, 2.45) is 0 Å². The number of non-ortho nitro benzene ring substituents is 1. The summed E-state index contributed by atoms with van der Waals surface area (Å²) in [6.07, 6.45) is 1.42. The van der Waals surface area contributed by atoms with Crippen molar-refractivity contribution in [3.05, 3.63) is 75.8 Å². The predicted octanol–water partition coefficient (Wildman–Crippen LogP) is 1.89. The molecule has 0 unspecified atom stereocenters. The second-order valence-electron chi connectivity index (χ2n) is 4.06. The lowest BCUT2D eigenvalue weighted by atomic mass is 10.0. The van der Waals surface area contributed by atoms with Gasteiger partial charge in [-0.15, -0.1) is 0 Å². The van der Waals surface area contributed by atoms with Gasteiger partial charge in [-0.1, -0.05) is 30.3 Å². The summed E-state index contributed by atoms with van der Waals surface area (Å²) >= 11 is 0. The average molecular weight is 268 g/mol. The first kappa shape index (κ1) is 13.5. The second kappa shape index (κ2) is 5.79. The third-order valence-electron chi connectivity index (χ3n) is 2.72. The largest absolute Gasteiger partial charge is 0.545 e. The summed E-state index contributed by atoms with van der Waals surface area (Å²) < 4.78 is 0. The van der Waals surface area contributed by atoms with Crippen molar-refractivity contribution in [3.63, 3.8) is 0 Å². The van der Waals surface area contributed by atoms with Crippen LogP contribution < -0.4 is 5.11 Å². The van der Waals surface area contributed by atoms with Crippen LogP contribution in [-0.4, -0.2) is 10.9 Å². The Kier molecular flexibility index (Phi) is 3.91. The van der Waals surface area contributed by atoms with E-state index in [1.54, 1.807) is 30.3 Å². The number of rotatable bonds is 4. The van der Waals surface area contributed by atoms with E-state index < -0.39 is 10.9 Å². The van der Waals surface area contributed by atoms with Gasteiger partial charge in [0.25, 0.3) is 5.69 Å². The quantitative estimate of drug-likeness (QED) is 0.367. The molecule has 0 saturated heterocycles. The molecular formula is C15H10NO4-. The van der Waals surface area contributed by atoms with Crippen LogP contribution in [-0.2, 0) is 4.79 Å². The Morgan fingerprint density at radius 1 is 1.00 bits per heavy atom. The lowest BCUT2D eigenvalue weighted by Gasteiger charge is -2.09. The number of carbonyl (C=O) groups excluding carboxylic acids is 1.